The first-order valence-electron chi connectivity index (χ1n) is 8.55. The third-order valence-electron chi connectivity index (χ3n) is 6.16. The fourth-order valence-electron chi connectivity index (χ4n) is 4.12. The Balaban J connectivity index is 1.83. The maximum atomic E-state index is 6.74. The summed E-state index contributed by atoms with van der Waals surface area (Å²) in [5, 5.41) is 0.219. The minimum atomic E-state index is -1.80. The molecule has 0 aromatic rings. The van der Waals surface area contributed by atoms with Gasteiger partial charge in [-0.25, -0.2) is 0 Å². The summed E-state index contributed by atoms with van der Waals surface area (Å²) in [5.41, 5.74) is 1.56. The minimum absolute atomic E-state index is 0.0808. The highest BCUT2D eigenvalue weighted by Crippen LogP contribution is 2.61. The molecule has 2 saturated carbocycles. The molecule has 3 nitrogen and oxygen atoms in total. The maximum absolute atomic E-state index is 6.74. The highest BCUT2D eigenvalue weighted by Gasteiger charge is 2.65. The molecule has 3 aliphatic rings. The van der Waals surface area contributed by atoms with E-state index in [0.29, 0.717) is 0 Å². The van der Waals surface area contributed by atoms with E-state index in [1.165, 1.54) is 5.57 Å². The first kappa shape index (κ1) is 16.7. The van der Waals surface area contributed by atoms with E-state index in [-0.39, 0.29) is 28.8 Å². The van der Waals surface area contributed by atoms with Crippen molar-refractivity contribution in [3.05, 3.63) is 12.2 Å². The molecule has 3 atom stereocenters. The van der Waals surface area contributed by atoms with E-state index < -0.39 is 14.1 Å². The molecule has 2 aliphatic carbocycles. The zero-order valence-corrected chi connectivity index (χ0v) is 16.3. The summed E-state index contributed by atoms with van der Waals surface area (Å²) < 4.78 is 19.3. The van der Waals surface area contributed by atoms with Crippen molar-refractivity contribution in [3.63, 3.8) is 0 Å². The van der Waals surface area contributed by atoms with Gasteiger partial charge in [0.05, 0.1) is 12.2 Å². The smallest absolute Gasteiger partial charge is 0.192 e. The summed E-state index contributed by atoms with van der Waals surface area (Å²) in [4.78, 5) is 0. The molecule has 0 N–H and O–H groups in total. The summed E-state index contributed by atoms with van der Waals surface area (Å²) in [5.74, 6) is -0.491. The second kappa shape index (κ2) is 4.68. The lowest BCUT2D eigenvalue weighted by Gasteiger charge is -2.45. The van der Waals surface area contributed by atoms with Crippen molar-refractivity contribution < 1.29 is 13.9 Å². The monoisotopic (exact) mass is 324 g/mol. The second-order valence-corrected chi connectivity index (χ2v) is 14.4. The average Bonchev–Trinajstić information content (AvgIpc) is 2.71. The molecule has 3 rings (SSSR count). The van der Waals surface area contributed by atoms with Crippen molar-refractivity contribution >= 4 is 8.32 Å². The molecular weight excluding hydrogens is 292 g/mol. The Morgan fingerprint density at radius 3 is 2.27 bits per heavy atom. The van der Waals surface area contributed by atoms with Crippen LogP contribution in [0.25, 0.3) is 0 Å². The summed E-state index contributed by atoms with van der Waals surface area (Å²) in [6.07, 6.45) is 3.63. The van der Waals surface area contributed by atoms with Crippen LogP contribution in [0.2, 0.25) is 18.1 Å². The van der Waals surface area contributed by atoms with Crippen LogP contribution in [0.3, 0.4) is 0 Å². The van der Waals surface area contributed by atoms with Crippen LogP contribution in [-0.4, -0.2) is 32.4 Å². The van der Waals surface area contributed by atoms with E-state index in [0.717, 1.165) is 19.3 Å². The Morgan fingerprint density at radius 1 is 1.18 bits per heavy atom. The fourth-order valence-corrected chi connectivity index (χ4v) is 5.45. The van der Waals surface area contributed by atoms with Gasteiger partial charge in [0.1, 0.15) is 6.10 Å². The molecule has 0 aromatic heterocycles. The molecule has 1 heterocycles. The maximum Gasteiger partial charge on any atom is 0.192 e. The molecule has 0 radical (unpaired) electrons. The summed E-state index contributed by atoms with van der Waals surface area (Å²) in [6.45, 7) is 19.7. The van der Waals surface area contributed by atoms with Crippen LogP contribution in [0.4, 0.5) is 0 Å². The Hall–Kier alpha value is -0.163. The van der Waals surface area contributed by atoms with Gasteiger partial charge in [0.2, 0.25) is 0 Å². The lowest BCUT2D eigenvalue weighted by molar-refractivity contribution is -0.177. The number of allylic oxidation sites excluding steroid dienone is 1. The molecule has 0 aromatic carbocycles. The van der Waals surface area contributed by atoms with E-state index in [1.807, 2.05) is 13.8 Å². The highest BCUT2D eigenvalue weighted by atomic mass is 28.4. The number of hydrogen-bond donors (Lipinski definition) is 0. The van der Waals surface area contributed by atoms with Gasteiger partial charge < -0.3 is 13.9 Å². The molecule has 0 amide bonds. The predicted octanol–water partition coefficient (Wildman–Crippen LogP) is 4.64. The molecule has 126 valence electrons. The van der Waals surface area contributed by atoms with E-state index in [1.54, 1.807) is 0 Å². The van der Waals surface area contributed by atoms with E-state index in [4.69, 9.17) is 13.9 Å². The molecule has 1 saturated heterocycles. The third-order valence-corrected chi connectivity index (χ3v) is 10.7. The minimum Gasteiger partial charge on any atom is -0.411 e. The quantitative estimate of drug-likeness (QED) is 0.547. The van der Waals surface area contributed by atoms with Gasteiger partial charge in [-0.15, -0.1) is 0 Å². The van der Waals surface area contributed by atoms with Crippen LogP contribution >= 0.6 is 0 Å². The number of fused-ring (bicyclic) bond motifs is 2. The second-order valence-electron chi connectivity index (χ2n) is 9.61. The normalized spacial score (nSPS) is 36.5. The number of hydrogen-bond acceptors (Lipinski definition) is 3. The first-order valence-corrected chi connectivity index (χ1v) is 11.5. The van der Waals surface area contributed by atoms with Gasteiger partial charge >= 0.3 is 0 Å². The third kappa shape index (κ3) is 2.52. The standard InChI is InChI=1S/C18H32O3Si/c1-12-9-18(10-12)11-13(21-22(7,8)16(2,3)4)14-15(18)20-17(5,6)19-14/h13-15H,1,9-11H2,2-8H3/t13-,14-,15-/m0/s1. The van der Waals surface area contributed by atoms with Crippen molar-refractivity contribution in [2.75, 3.05) is 0 Å². The summed E-state index contributed by atoms with van der Waals surface area (Å²) in [7, 11) is -1.80. The van der Waals surface area contributed by atoms with Crippen LogP contribution in [0.5, 0.6) is 0 Å². The average molecular weight is 325 g/mol. The van der Waals surface area contributed by atoms with E-state index in [9.17, 15) is 0 Å². The molecule has 0 unspecified atom stereocenters. The Labute approximate surface area is 136 Å². The van der Waals surface area contributed by atoms with Crippen LogP contribution in [0.1, 0.15) is 53.9 Å². The van der Waals surface area contributed by atoms with Crippen LogP contribution < -0.4 is 0 Å². The number of rotatable bonds is 2. The molecule has 0 bridgehead atoms. The van der Waals surface area contributed by atoms with Gasteiger partial charge in [-0.1, -0.05) is 32.9 Å². The van der Waals surface area contributed by atoms with Gasteiger partial charge in [0.15, 0.2) is 14.1 Å². The van der Waals surface area contributed by atoms with Gasteiger partial charge in [-0.2, -0.15) is 0 Å². The predicted molar refractivity (Wildman–Crippen MR) is 91.3 cm³/mol. The molecule has 22 heavy (non-hydrogen) atoms. The fraction of sp³-hybridized carbons (Fsp3) is 0.889. The largest absolute Gasteiger partial charge is 0.411 e. The molecule has 4 heteroatoms. The molecule has 3 fully saturated rings. The van der Waals surface area contributed by atoms with Crippen molar-refractivity contribution in [2.24, 2.45) is 5.41 Å². The lowest BCUT2D eigenvalue weighted by atomic mass is 9.63. The summed E-state index contributed by atoms with van der Waals surface area (Å²) >= 11 is 0. The highest BCUT2D eigenvalue weighted by molar-refractivity contribution is 6.74. The molecular formula is C18H32O3Si. The lowest BCUT2D eigenvalue weighted by Crippen LogP contribution is -2.46. The van der Waals surface area contributed by atoms with Crippen LogP contribution in [-0.2, 0) is 13.9 Å². The van der Waals surface area contributed by atoms with Crippen molar-refractivity contribution in [2.45, 2.75) is 96.1 Å². The van der Waals surface area contributed by atoms with Crippen molar-refractivity contribution in [1.82, 2.24) is 0 Å². The van der Waals surface area contributed by atoms with Gasteiger partial charge in [-0.3, -0.25) is 0 Å². The molecule has 1 spiro atoms. The summed E-state index contributed by atoms with van der Waals surface area (Å²) in [6, 6.07) is 0. The zero-order chi connectivity index (χ0) is 16.6. The van der Waals surface area contributed by atoms with Crippen molar-refractivity contribution in [1.29, 1.82) is 0 Å². The van der Waals surface area contributed by atoms with Crippen molar-refractivity contribution in [3.8, 4) is 0 Å². The Bertz CT molecular complexity index is 481. The zero-order valence-electron chi connectivity index (χ0n) is 15.3. The van der Waals surface area contributed by atoms with Gasteiger partial charge in [-0.05, 0) is 51.2 Å². The number of ether oxygens (including phenoxy) is 2. The van der Waals surface area contributed by atoms with E-state index >= 15 is 0 Å². The Morgan fingerprint density at radius 2 is 1.77 bits per heavy atom. The van der Waals surface area contributed by atoms with Gasteiger partial charge in [0.25, 0.3) is 0 Å². The molecule has 1 aliphatic heterocycles. The Kier molecular flexibility index (Phi) is 3.55. The first-order chi connectivity index (χ1) is 9.85. The van der Waals surface area contributed by atoms with Crippen LogP contribution in [0.15, 0.2) is 12.2 Å². The SMILES string of the molecule is C=C1CC2(C1)C[C@H](O[Si](C)(C)C(C)(C)C)[C@@H]1OC(C)(C)O[C@@H]12. The van der Waals surface area contributed by atoms with Crippen LogP contribution in [0, 0.1) is 5.41 Å². The van der Waals surface area contributed by atoms with Gasteiger partial charge in [0, 0.05) is 5.41 Å². The topological polar surface area (TPSA) is 27.7 Å². The van der Waals surface area contributed by atoms with E-state index in [2.05, 4.69) is 40.4 Å².